The van der Waals surface area contributed by atoms with Crippen LogP contribution < -0.4 is 15.6 Å². The zero-order valence-electron chi connectivity index (χ0n) is 28.4. The van der Waals surface area contributed by atoms with Gasteiger partial charge in [0, 0.05) is 48.6 Å². The van der Waals surface area contributed by atoms with Crippen LogP contribution in [-0.4, -0.2) is 52.3 Å². The molecule has 6 rings (SSSR count). The Balaban J connectivity index is 1.57. The molecule has 15 heteroatoms. The maximum Gasteiger partial charge on any atom is 0.416 e. The maximum atomic E-state index is 16.0. The molecule has 2 atom stereocenters. The van der Waals surface area contributed by atoms with Gasteiger partial charge in [0.2, 0.25) is 5.91 Å². The minimum absolute atomic E-state index is 0.0100. The van der Waals surface area contributed by atoms with Gasteiger partial charge in [0.25, 0.3) is 5.56 Å². The number of carboxylic acids is 1. The number of benzene rings is 3. The molecule has 0 spiro atoms. The standard InChI is InChI=1S/C38H32F6N4O5/c1-19-7-22(14-45)10-31-34(19)24-8-20(2)35(41)27(11-24)30(13-33(50)51)46-37(52)36(26-9-21(18-53-31)3-4-29(26)40)48-15-23(5-6-47-16-25(39)17-47)28(12-32(48)49)38(42,43)44/h3-4,7-12,15,25,30,36H,5-6,13,16-18H2,1-2H3,(H,46,52)(H,50,51). The van der Waals surface area contributed by atoms with E-state index in [0.29, 0.717) is 27.3 Å². The molecule has 1 aromatic heterocycles. The number of rotatable bonds is 6. The average Bonchev–Trinajstić information content (AvgIpc) is 3.07. The predicted octanol–water partition coefficient (Wildman–Crippen LogP) is 6.31. The second kappa shape index (κ2) is 14.4. The van der Waals surface area contributed by atoms with Gasteiger partial charge >= 0.3 is 12.1 Å². The number of aromatic nitrogens is 1. The van der Waals surface area contributed by atoms with Gasteiger partial charge in [0.15, 0.2) is 0 Å². The van der Waals surface area contributed by atoms with Crippen molar-refractivity contribution in [3.8, 4) is 22.9 Å². The number of pyridine rings is 1. The summed E-state index contributed by atoms with van der Waals surface area (Å²) in [5.41, 5.74) is -1.90. The van der Waals surface area contributed by atoms with Gasteiger partial charge in [-0.2, -0.15) is 18.4 Å². The number of nitrogens with one attached hydrogen (secondary N) is 1. The molecule has 2 aliphatic rings. The first-order chi connectivity index (χ1) is 25.0. The van der Waals surface area contributed by atoms with E-state index in [1.807, 2.05) is 6.07 Å². The largest absolute Gasteiger partial charge is 0.488 e. The van der Waals surface area contributed by atoms with Gasteiger partial charge in [-0.1, -0.05) is 6.07 Å². The van der Waals surface area contributed by atoms with E-state index in [0.717, 1.165) is 12.3 Å². The maximum absolute atomic E-state index is 16.0. The van der Waals surface area contributed by atoms with Gasteiger partial charge in [0.05, 0.1) is 29.7 Å². The minimum Gasteiger partial charge on any atom is -0.488 e. The highest BCUT2D eigenvalue weighted by Crippen LogP contribution is 2.39. The van der Waals surface area contributed by atoms with Gasteiger partial charge in [-0.05, 0) is 84.5 Å². The molecule has 276 valence electrons. The van der Waals surface area contributed by atoms with E-state index in [1.54, 1.807) is 17.9 Å². The van der Waals surface area contributed by atoms with Crippen LogP contribution in [0.2, 0.25) is 0 Å². The number of alkyl halides is 4. The number of ether oxygens (including phenoxy) is 1. The number of nitriles is 1. The number of halogens is 6. The van der Waals surface area contributed by atoms with Crippen molar-refractivity contribution in [2.75, 3.05) is 19.6 Å². The lowest BCUT2D eigenvalue weighted by atomic mass is 9.91. The normalized spacial score (nSPS) is 17.8. The second-order valence-electron chi connectivity index (χ2n) is 13.2. The van der Waals surface area contributed by atoms with Crippen LogP contribution >= 0.6 is 0 Å². The summed E-state index contributed by atoms with van der Waals surface area (Å²) in [6.45, 7) is 2.86. The molecule has 1 amide bonds. The fraction of sp³-hybridized carbons (Fsp3) is 0.316. The molecule has 1 fully saturated rings. The van der Waals surface area contributed by atoms with Gasteiger partial charge in [-0.25, -0.2) is 13.2 Å². The lowest BCUT2D eigenvalue weighted by Gasteiger charge is -2.34. The highest BCUT2D eigenvalue weighted by Gasteiger charge is 2.37. The average molecular weight is 739 g/mol. The number of hydrogen-bond donors (Lipinski definition) is 2. The van der Waals surface area contributed by atoms with Crippen LogP contribution in [0.25, 0.3) is 11.1 Å². The van der Waals surface area contributed by atoms with Crippen LogP contribution in [0.15, 0.2) is 59.5 Å². The molecule has 0 saturated carbocycles. The zero-order valence-corrected chi connectivity index (χ0v) is 28.4. The first kappa shape index (κ1) is 37.1. The van der Waals surface area contributed by atoms with Crippen LogP contribution in [0.1, 0.15) is 63.0 Å². The predicted molar refractivity (Wildman–Crippen MR) is 179 cm³/mol. The molecular formula is C38H32F6N4O5. The van der Waals surface area contributed by atoms with Crippen molar-refractivity contribution in [3.05, 3.63) is 121 Å². The number of carboxylic acid groups (broad SMARTS) is 1. The molecule has 0 radical (unpaired) electrons. The number of hydrogen-bond acceptors (Lipinski definition) is 6. The Labute approximate surface area is 299 Å². The molecule has 53 heavy (non-hydrogen) atoms. The van der Waals surface area contributed by atoms with Gasteiger partial charge in [0.1, 0.15) is 36.2 Å². The second-order valence-corrected chi connectivity index (χ2v) is 13.2. The highest BCUT2D eigenvalue weighted by atomic mass is 19.4. The van der Waals surface area contributed by atoms with Crippen molar-refractivity contribution < 1.29 is 45.8 Å². The Kier molecular flexibility index (Phi) is 10.1. The summed E-state index contributed by atoms with van der Waals surface area (Å²) in [6, 6.07) is 8.03. The zero-order chi connectivity index (χ0) is 38.4. The molecular weight excluding hydrogens is 706 g/mol. The number of fused-ring (bicyclic) bond motifs is 6. The van der Waals surface area contributed by atoms with Gasteiger partial charge in [-0.15, -0.1) is 0 Å². The SMILES string of the molecule is Cc1cc2cc(c1F)C(CC(=O)O)NC(=O)C(n1cc(CCN3CC(F)C3)c(C(F)(F)F)cc1=O)c1cc(ccc1F)COc1cc(C#N)cc(C)c1-2. The summed E-state index contributed by atoms with van der Waals surface area (Å²) in [7, 11) is 0. The third kappa shape index (κ3) is 7.64. The van der Waals surface area contributed by atoms with E-state index in [9.17, 15) is 42.3 Å². The van der Waals surface area contributed by atoms with Crippen LogP contribution in [0.3, 0.4) is 0 Å². The Morgan fingerprint density at radius 2 is 1.77 bits per heavy atom. The van der Waals surface area contributed by atoms with Crippen LogP contribution in [-0.2, 0) is 28.8 Å². The summed E-state index contributed by atoms with van der Waals surface area (Å²) < 4.78 is 94.7. The molecule has 1 saturated heterocycles. The first-order valence-electron chi connectivity index (χ1n) is 16.5. The fourth-order valence-corrected chi connectivity index (χ4v) is 6.86. The Morgan fingerprint density at radius 1 is 1.04 bits per heavy atom. The van der Waals surface area contributed by atoms with Crippen molar-refractivity contribution in [2.24, 2.45) is 0 Å². The van der Waals surface area contributed by atoms with Crippen molar-refractivity contribution >= 4 is 11.9 Å². The van der Waals surface area contributed by atoms with Crippen LogP contribution in [0, 0.1) is 36.8 Å². The lowest BCUT2D eigenvalue weighted by Crippen LogP contribution is -2.49. The third-order valence-corrected chi connectivity index (χ3v) is 9.42. The molecule has 2 N–H and O–H groups in total. The first-order valence-corrected chi connectivity index (χ1v) is 16.5. The van der Waals surface area contributed by atoms with E-state index < -0.39 is 76.6 Å². The van der Waals surface area contributed by atoms with Gasteiger partial charge in [-0.3, -0.25) is 23.9 Å². The Morgan fingerprint density at radius 3 is 2.43 bits per heavy atom. The number of carbonyl (C=O) groups excluding carboxylic acids is 1. The Bertz CT molecular complexity index is 2220. The van der Waals surface area contributed by atoms with E-state index in [1.165, 1.54) is 37.3 Å². The molecule has 2 aliphatic heterocycles. The van der Waals surface area contributed by atoms with Crippen molar-refractivity contribution in [1.29, 1.82) is 5.26 Å². The number of nitrogens with zero attached hydrogens (tertiary/aromatic N) is 3. The van der Waals surface area contributed by atoms with E-state index in [-0.39, 0.29) is 60.7 Å². The summed E-state index contributed by atoms with van der Waals surface area (Å²) in [5.74, 6) is -4.40. The third-order valence-electron chi connectivity index (χ3n) is 9.42. The Hall–Kier alpha value is -5.62. The lowest BCUT2D eigenvalue weighted by molar-refractivity contribution is -0.139. The summed E-state index contributed by atoms with van der Waals surface area (Å²) >= 11 is 0. The minimum atomic E-state index is -4.99. The molecule has 4 bridgehead atoms. The summed E-state index contributed by atoms with van der Waals surface area (Å²) in [4.78, 5) is 41.6. The quantitative estimate of drug-likeness (QED) is 0.222. The van der Waals surface area contributed by atoms with Crippen LogP contribution in [0.4, 0.5) is 26.3 Å². The molecule has 3 heterocycles. The van der Waals surface area contributed by atoms with Gasteiger partial charge < -0.3 is 15.2 Å². The van der Waals surface area contributed by atoms with Crippen molar-refractivity contribution in [3.63, 3.8) is 0 Å². The topological polar surface area (TPSA) is 125 Å². The van der Waals surface area contributed by atoms with Crippen molar-refractivity contribution in [2.45, 2.75) is 57.7 Å². The summed E-state index contributed by atoms with van der Waals surface area (Å²) in [5, 5.41) is 22.0. The number of carbonyl (C=O) groups is 2. The van der Waals surface area contributed by atoms with E-state index >= 15 is 8.78 Å². The van der Waals surface area contributed by atoms with E-state index in [2.05, 4.69) is 5.32 Å². The number of amides is 1. The number of likely N-dealkylation sites (tertiary alicyclic amines) is 1. The molecule has 4 aromatic rings. The van der Waals surface area contributed by atoms with Crippen LogP contribution in [0.5, 0.6) is 5.75 Å². The number of aliphatic carboxylic acids is 1. The fourth-order valence-electron chi connectivity index (χ4n) is 6.86. The monoisotopic (exact) mass is 738 g/mol. The molecule has 0 aliphatic carbocycles. The smallest absolute Gasteiger partial charge is 0.416 e. The highest BCUT2D eigenvalue weighted by molar-refractivity contribution is 5.85. The van der Waals surface area contributed by atoms with E-state index in [4.69, 9.17) is 4.74 Å². The molecule has 9 nitrogen and oxygen atoms in total. The molecule has 2 unspecified atom stereocenters. The number of aryl methyl sites for hydroxylation is 2. The summed E-state index contributed by atoms with van der Waals surface area (Å²) in [6.07, 6.45) is -6.51. The molecule has 3 aromatic carbocycles. The van der Waals surface area contributed by atoms with Crippen molar-refractivity contribution in [1.82, 2.24) is 14.8 Å².